The average molecular weight is 478 g/mol. The quantitative estimate of drug-likeness (QED) is 0.688. The second-order valence-corrected chi connectivity index (χ2v) is 9.28. The van der Waals surface area contributed by atoms with Crippen molar-refractivity contribution < 1.29 is 13.2 Å². The van der Waals surface area contributed by atoms with Crippen LogP contribution in [-0.4, -0.2) is 32.3 Å². The summed E-state index contributed by atoms with van der Waals surface area (Å²) in [4.78, 5) is 14.3. The van der Waals surface area contributed by atoms with Gasteiger partial charge in [0, 0.05) is 22.6 Å². The number of nitrogens with one attached hydrogen (secondary N) is 1. The highest BCUT2D eigenvalue weighted by Crippen LogP contribution is 2.30. The zero-order valence-corrected chi connectivity index (χ0v) is 17.4. The maximum atomic E-state index is 12.8. The summed E-state index contributed by atoms with van der Waals surface area (Å²) in [5.41, 5.74) is 0.390. The molecule has 2 aromatic rings. The monoisotopic (exact) mass is 476 g/mol. The van der Waals surface area contributed by atoms with Gasteiger partial charge in [-0.3, -0.25) is 9.52 Å². The van der Waals surface area contributed by atoms with Crippen LogP contribution in [0.1, 0.15) is 23.2 Å². The van der Waals surface area contributed by atoms with Gasteiger partial charge in [0.1, 0.15) is 4.90 Å². The number of halogens is 3. The third kappa shape index (κ3) is 4.17. The zero-order chi connectivity index (χ0) is 18.9. The SMILES string of the molecule is O=C(c1ccc(Cl)cc1NS(=O)(=O)c1ccc(Br)cc1Cl)N1CCCC1. The van der Waals surface area contributed by atoms with E-state index in [1.54, 1.807) is 17.0 Å². The molecule has 1 fully saturated rings. The third-order valence-corrected chi connectivity index (χ3v) is 6.61. The highest BCUT2D eigenvalue weighted by Gasteiger charge is 2.25. The number of carbonyl (C=O) groups excluding carboxylic acids is 1. The third-order valence-electron chi connectivity index (χ3n) is 4.03. The van der Waals surface area contributed by atoms with Crippen LogP contribution in [0.25, 0.3) is 0 Å². The van der Waals surface area contributed by atoms with Crippen LogP contribution in [-0.2, 0) is 10.0 Å². The molecule has 26 heavy (non-hydrogen) atoms. The first-order valence-electron chi connectivity index (χ1n) is 7.84. The first kappa shape index (κ1) is 19.5. The van der Waals surface area contributed by atoms with Crippen LogP contribution >= 0.6 is 39.1 Å². The number of sulfonamides is 1. The van der Waals surface area contributed by atoms with Crippen LogP contribution in [0.15, 0.2) is 45.8 Å². The largest absolute Gasteiger partial charge is 0.339 e. The second-order valence-electron chi connectivity index (χ2n) is 5.87. The van der Waals surface area contributed by atoms with Crippen LogP contribution in [0.5, 0.6) is 0 Å². The van der Waals surface area contributed by atoms with Gasteiger partial charge in [-0.25, -0.2) is 8.42 Å². The minimum atomic E-state index is -3.99. The molecule has 3 rings (SSSR count). The van der Waals surface area contributed by atoms with E-state index in [-0.39, 0.29) is 27.1 Å². The molecule has 1 N–H and O–H groups in total. The topological polar surface area (TPSA) is 66.5 Å². The Hall–Kier alpha value is -1.28. The van der Waals surface area contributed by atoms with E-state index >= 15 is 0 Å². The van der Waals surface area contributed by atoms with Crippen molar-refractivity contribution in [1.82, 2.24) is 4.90 Å². The predicted octanol–water partition coefficient (Wildman–Crippen LogP) is 4.79. The van der Waals surface area contributed by atoms with Crippen molar-refractivity contribution in [2.75, 3.05) is 17.8 Å². The lowest BCUT2D eigenvalue weighted by molar-refractivity contribution is 0.0794. The Bertz CT molecular complexity index is 960. The van der Waals surface area contributed by atoms with Crippen molar-refractivity contribution in [2.45, 2.75) is 17.7 Å². The van der Waals surface area contributed by atoms with E-state index in [1.807, 2.05) is 0 Å². The summed E-state index contributed by atoms with van der Waals surface area (Å²) < 4.78 is 28.6. The van der Waals surface area contributed by atoms with Gasteiger partial charge >= 0.3 is 0 Å². The number of carbonyl (C=O) groups is 1. The predicted molar refractivity (Wildman–Crippen MR) is 107 cm³/mol. The van der Waals surface area contributed by atoms with Gasteiger partial charge in [-0.2, -0.15) is 0 Å². The summed E-state index contributed by atoms with van der Waals surface area (Å²) in [6.45, 7) is 1.32. The summed E-state index contributed by atoms with van der Waals surface area (Å²) >= 11 is 15.3. The number of hydrogen-bond donors (Lipinski definition) is 1. The molecule has 1 amide bonds. The van der Waals surface area contributed by atoms with Crippen molar-refractivity contribution in [2.24, 2.45) is 0 Å². The van der Waals surface area contributed by atoms with Crippen molar-refractivity contribution in [1.29, 1.82) is 0 Å². The molecule has 0 aliphatic carbocycles. The molecule has 1 saturated heterocycles. The van der Waals surface area contributed by atoms with Gasteiger partial charge in [-0.05, 0) is 49.2 Å². The van der Waals surface area contributed by atoms with Gasteiger partial charge in [0.05, 0.1) is 16.3 Å². The lowest BCUT2D eigenvalue weighted by Gasteiger charge is -2.19. The van der Waals surface area contributed by atoms with Crippen LogP contribution < -0.4 is 4.72 Å². The molecule has 5 nitrogen and oxygen atoms in total. The summed E-state index contributed by atoms with van der Waals surface area (Å²) in [6, 6.07) is 8.98. The molecule has 1 aliphatic rings. The summed E-state index contributed by atoms with van der Waals surface area (Å²) in [7, 11) is -3.99. The molecule has 0 spiro atoms. The lowest BCUT2D eigenvalue weighted by Crippen LogP contribution is -2.29. The Morgan fingerprint density at radius 2 is 1.77 bits per heavy atom. The molecule has 0 atom stereocenters. The van der Waals surface area contributed by atoms with Crippen molar-refractivity contribution in [3.05, 3.63) is 56.5 Å². The fourth-order valence-corrected chi connectivity index (χ4v) is 5.05. The molecule has 2 aromatic carbocycles. The molecule has 1 aliphatic heterocycles. The molecular weight excluding hydrogens is 463 g/mol. The number of benzene rings is 2. The van der Waals surface area contributed by atoms with Crippen LogP contribution in [0.3, 0.4) is 0 Å². The Balaban J connectivity index is 1.98. The van der Waals surface area contributed by atoms with E-state index in [0.717, 1.165) is 12.8 Å². The number of hydrogen-bond acceptors (Lipinski definition) is 3. The van der Waals surface area contributed by atoms with Crippen molar-refractivity contribution in [3.63, 3.8) is 0 Å². The maximum absolute atomic E-state index is 12.8. The first-order chi connectivity index (χ1) is 12.3. The van der Waals surface area contributed by atoms with Gasteiger partial charge in [0.2, 0.25) is 0 Å². The summed E-state index contributed by atoms with van der Waals surface area (Å²) in [6.07, 6.45) is 1.88. The van der Waals surface area contributed by atoms with Crippen LogP contribution in [0, 0.1) is 0 Å². The molecular formula is C17H15BrCl2N2O3S. The van der Waals surface area contributed by atoms with E-state index in [9.17, 15) is 13.2 Å². The summed E-state index contributed by atoms with van der Waals surface area (Å²) in [5.74, 6) is -0.223. The molecule has 138 valence electrons. The van der Waals surface area contributed by atoms with E-state index in [2.05, 4.69) is 20.7 Å². The number of nitrogens with zero attached hydrogens (tertiary/aromatic N) is 1. The maximum Gasteiger partial charge on any atom is 0.263 e. The van der Waals surface area contributed by atoms with Crippen molar-refractivity contribution in [3.8, 4) is 0 Å². The lowest BCUT2D eigenvalue weighted by atomic mass is 10.1. The van der Waals surface area contributed by atoms with Crippen LogP contribution in [0.4, 0.5) is 5.69 Å². The van der Waals surface area contributed by atoms with E-state index in [0.29, 0.717) is 22.6 Å². The standard InChI is InChI=1S/C17H15BrCl2N2O3S/c18-11-3-6-16(14(20)9-11)26(24,25)21-15-10-12(19)4-5-13(15)17(23)22-7-1-2-8-22/h3-6,9-10,21H,1-2,7-8H2. The highest BCUT2D eigenvalue weighted by molar-refractivity contribution is 9.10. The molecule has 9 heteroatoms. The number of amides is 1. The fraction of sp³-hybridized carbons (Fsp3) is 0.235. The van der Waals surface area contributed by atoms with Gasteiger partial charge in [0.15, 0.2) is 0 Å². The Kier molecular flexibility index (Phi) is 5.81. The highest BCUT2D eigenvalue weighted by atomic mass is 79.9. The first-order valence-corrected chi connectivity index (χ1v) is 10.9. The smallest absolute Gasteiger partial charge is 0.263 e. The fourth-order valence-electron chi connectivity index (χ4n) is 2.77. The van der Waals surface area contributed by atoms with Gasteiger partial charge in [-0.1, -0.05) is 39.1 Å². The van der Waals surface area contributed by atoms with Gasteiger partial charge in [-0.15, -0.1) is 0 Å². The molecule has 0 radical (unpaired) electrons. The van der Waals surface area contributed by atoms with E-state index < -0.39 is 10.0 Å². The molecule has 0 unspecified atom stereocenters. The van der Waals surface area contributed by atoms with Crippen LogP contribution in [0.2, 0.25) is 10.0 Å². The average Bonchev–Trinajstić information content (AvgIpc) is 3.08. The number of likely N-dealkylation sites (tertiary alicyclic amines) is 1. The molecule has 1 heterocycles. The minimum absolute atomic E-state index is 0.0707. The van der Waals surface area contributed by atoms with Gasteiger partial charge < -0.3 is 4.90 Å². The Morgan fingerprint density at radius 3 is 2.42 bits per heavy atom. The molecule has 0 bridgehead atoms. The number of rotatable bonds is 4. The summed E-state index contributed by atoms with van der Waals surface area (Å²) in [5, 5.41) is 0.392. The van der Waals surface area contributed by atoms with E-state index in [4.69, 9.17) is 23.2 Å². The zero-order valence-electron chi connectivity index (χ0n) is 13.5. The van der Waals surface area contributed by atoms with Gasteiger partial charge in [0.25, 0.3) is 15.9 Å². The Labute approximate surface area is 170 Å². The molecule has 0 aromatic heterocycles. The van der Waals surface area contributed by atoms with E-state index in [1.165, 1.54) is 24.3 Å². The number of anilines is 1. The Morgan fingerprint density at radius 1 is 1.08 bits per heavy atom. The normalized spacial score (nSPS) is 14.5. The molecule has 0 saturated carbocycles. The second kappa shape index (κ2) is 7.76. The minimum Gasteiger partial charge on any atom is -0.339 e. The van der Waals surface area contributed by atoms with Crippen molar-refractivity contribution >= 4 is 60.7 Å².